The van der Waals surface area contributed by atoms with Crippen molar-refractivity contribution >= 4 is 18.6 Å². The molecule has 0 amide bonds. The molecule has 0 aliphatic rings. The third-order valence-corrected chi connectivity index (χ3v) is 0.622. The van der Waals surface area contributed by atoms with Gasteiger partial charge >= 0.3 is 6.98 Å². The van der Waals surface area contributed by atoms with Crippen molar-refractivity contribution < 1.29 is 12.9 Å². The molecule has 0 fully saturated rings. The summed E-state index contributed by atoms with van der Waals surface area (Å²) in [6.45, 7) is -4.77. The smallest absolute Gasteiger partial charge is 0.445 e. The van der Waals surface area contributed by atoms with Crippen molar-refractivity contribution in [3.8, 4) is 0 Å². The van der Waals surface area contributed by atoms with Crippen molar-refractivity contribution in [2.75, 3.05) is 5.88 Å². The minimum atomic E-state index is -4.77. The number of hydrogen-bond donors (Lipinski definition) is 0. The van der Waals surface area contributed by atoms with Crippen molar-refractivity contribution in [3.05, 3.63) is 12.1 Å². The third kappa shape index (κ3) is 5.88. The van der Waals surface area contributed by atoms with E-state index in [-0.39, 0.29) is 11.9 Å². The number of alkyl halides is 1. The fraction of sp³-hybridized carbons (Fsp3) is 0.333. The summed E-state index contributed by atoms with van der Waals surface area (Å²) in [7, 11) is 0. The Bertz CT molecular complexity index is 87.0. The summed E-state index contributed by atoms with van der Waals surface area (Å²) in [4.78, 5) is 0. The Kier molecular flexibility index (Phi) is 2.98. The van der Waals surface area contributed by atoms with Gasteiger partial charge in [-0.3, -0.25) is 0 Å². The van der Waals surface area contributed by atoms with Crippen LogP contribution in [0.15, 0.2) is 12.1 Å². The molecule has 0 saturated carbocycles. The lowest BCUT2D eigenvalue weighted by atomic mass is 9.92. The predicted molar refractivity (Wildman–Crippen MR) is 28.9 cm³/mol. The van der Waals surface area contributed by atoms with Gasteiger partial charge in [-0.25, -0.2) is 0 Å². The molecule has 8 heavy (non-hydrogen) atoms. The zero-order valence-electron chi connectivity index (χ0n) is 3.95. The fourth-order valence-corrected chi connectivity index (χ4v) is 0.309. The fourth-order valence-electron chi connectivity index (χ4n) is 0.206. The molecule has 0 aromatic heterocycles. The van der Waals surface area contributed by atoms with E-state index in [1.54, 1.807) is 0 Å². The van der Waals surface area contributed by atoms with E-state index in [0.29, 0.717) is 0 Å². The van der Waals surface area contributed by atoms with Crippen molar-refractivity contribution in [2.45, 2.75) is 0 Å². The summed E-state index contributed by atoms with van der Waals surface area (Å²) < 4.78 is 33.5. The highest BCUT2D eigenvalue weighted by molar-refractivity contribution is 6.64. The SMILES string of the molecule is F[B-](F)(F)/C=C/CCl. The number of rotatable bonds is 2. The Hall–Kier alpha value is -0.115. The first-order valence-electron chi connectivity index (χ1n) is 2.00. The van der Waals surface area contributed by atoms with Crippen LogP contribution in [0.1, 0.15) is 0 Å². The molecule has 0 aromatic carbocycles. The average Bonchev–Trinajstić information content (AvgIpc) is 1.59. The Morgan fingerprint density at radius 1 is 1.38 bits per heavy atom. The van der Waals surface area contributed by atoms with Gasteiger partial charge in [-0.15, -0.1) is 23.7 Å². The third-order valence-electron chi connectivity index (χ3n) is 0.443. The molecule has 48 valence electrons. The van der Waals surface area contributed by atoms with E-state index in [1.165, 1.54) is 0 Å². The zero-order valence-corrected chi connectivity index (χ0v) is 4.71. The van der Waals surface area contributed by atoms with Gasteiger partial charge < -0.3 is 12.9 Å². The molecule has 0 rings (SSSR count). The summed E-state index contributed by atoms with van der Waals surface area (Å²) >= 11 is 4.93. The maximum atomic E-state index is 11.2. The van der Waals surface area contributed by atoms with Crippen LogP contribution in [0.3, 0.4) is 0 Å². The second kappa shape index (κ2) is 3.02. The molecule has 0 saturated heterocycles. The van der Waals surface area contributed by atoms with Gasteiger partial charge in [0, 0.05) is 5.88 Å². The first kappa shape index (κ1) is 7.88. The molecular weight excluding hydrogens is 139 g/mol. The van der Waals surface area contributed by atoms with Crippen molar-refractivity contribution in [1.29, 1.82) is 0 Å². The molecule has 0 unspecified atom stereocenters. The Morgan fingerprint density at radius 2 is 1.88 bits per heavy atom. The first-order chi connectivity index (χ1) is 3.56. The molecule has 0 nitrogen and oxygen atoms in total. The van der Waals surface area contributed by atoms with Crippen LogP contribution in [0.4, 0.5) is 12.9 Å². The monoisotopic (exact) mass is 143 g/mol. The quantitative estimate of drug-likeness (QED) is 0.410. The molecule has 0 radical (unpaired) electrons. The van der Waals surface area contributed by atoms with Crippen LogP contribution < -0.4 is 0 Å². The Balaban J connectivity index is 3.52. The standard InChI is InChI=1S/C3H4BClF3/c5-3-1-2-4(6,7)8/h1-2H,3H2/q-1/b2-1+. The first-order valence-corrected chi connectivity index (χ1v) is 2.53. The highest BCUT2D eigenvalue weighted by atomic mass is 35.5. The van der Waals surface area contributed by atoms with E-state index in [0.717, 1.165) is 6.08 Å². The molecule has 0 bridgehead atoms. The van der Waals surface area contributed by atoms with Gasteiger partial charge in [0.1, 0.15) is 0 Å². The topological polar surface area (TPSA) is 0 Å². The molecule has 0 N–H and O–H groups in total. The van der Waals surface area contributed by atoms with Crippen LogP contribution in [0.25, 0.3) is 0 Å². The molecule has 0 spiro atoms. The van der Waals surface area contributed by atoms with E-state index in [1.807, 2.05) is 0 Å². The van der Waals surface area contributed by atoms with E-state index >= 15 is 0 Å². The van der Waals surface area contributed by atoms with Gasteiger partial charge in [0.25, 0.3) is 0 Å². The van der Waals surface area contributed by atoms with Gasteiger partial charge in [0.15, 0.2) is 0 Å². The lowest BCUT2D eigenvalue weighted by Gasteiger charge is -2.04. The Morgan fingerprint density at radius 3 is 2.00 bits per heavy atom. The van der Waals surface area contributed by atoms with Gasteiger partial charge in [0.05, 0.1) is 0 Å². The molecule has 5 heteroatoms. The molecule has 0 heterocycles. The van der Waals surface area contributed by atoms with Gasteiger partial charge in [0.2, 0.25) is 0 Å². The predicted octanol–water partition coefficient (Wildman–Crippen LogP) is 2.17. The second-order valence-electron chi connectivity index (χ2n) is 1.21. The lowest BCUT2D eigenvalue weighted by molar-refractivity contribution is 0.498. The van der Waals surface area contributed by atoms with E-state index in [2.05, 4.69) is 0 Å². The molecule has 0 atom stereocenters. The van der Waals surface area contributed by atoms with Crippen LogP contribution in [0.2, 0.25) is 0 Å². The minimum absolute atomic E-state index is 0.0821. The zero-order chi connectivity index (χ0) is 6.62. The van der Waals surface area contributed by atoms with Crippen LogP contribution in [0.5, 0.6) is 0 Å². The highest BCUT2D eigenvalue weighted by Gasteiger charge is 2.16. The average molecular weight is 143 g/mol. The number of halogens is 4. The summed E-state index contributed by atoms with van der Waals surface area (Å²) in [5.74, 6) is 0.0915. The van der Waals surface area contributed by atoms with Crippen molar-refractivity contribution in [1.82, 2.24) is 0 Å². The van der Waals surface area contributed by atoms with Gasteiger partial charge in [-0.1, -0.05) is 0 Å². The summed E-state index contributed by atoms with van der Waals surface area (Å²) in [5.41, 5.74) is 0. The maximum absolute atomic E-state index is 11.2. The number of hydrogen-bond acceptors (Lipinski definition) is 0. The summed E-state index contributed by atoms with van der Waals surface area (Å²) in [6, 6.07) is 0. The summed E-state index contributed by atoms with van der Waals surface area (Å²) in [5, 5.41) is 0. The van der Waals surface area contributed by atoms with E-state index in [9.17, 15) is 12.9 Å². The maximum Gasteiger partial charge on any atom is 0.502 e. The van der Waals surface area contributed by atoms with Crippen LogP contribution in [-0.2, 0) is 0 Å². The normalized spacial score (nSPS) is 13.0. The number of allylic oxidation sites excluding steroid dienone is 1. The molecule has 0 aliphatic carbocycles. The Labute approximate surface area is 50.4 Å². The second-order valence-corrected chi connectivity index (χ2v) is 1.52. The van der Waals surface area contributed by atoms with E-state index in [4.69, 9.17) is 11.6 Å². The van der Waals surface area contributed by atoms with Crippen LogP contribution >= 0.6 is 11.6 Å². The van der Waals surface area contributed by atoms with Crippen molar-refractivity contribution in [2.24, 2.45) is 0 Å². The summed E-state index contributed by atoms with van der Waals surface area (Å²) in [6.07, 6.45) is 0.877. The van der Waals surface area contributed by atoms with Crippen LogP contribution in [0, 0.1) is 0 Å². The minimum Gasteiger partial charge on any atom is -0.445 e. The lowest BCUT2D eigenvalue weighted by Crippen LogP contribution is -2.09. The van der Waals surface area contributed by atoms with Gasteiger partial charge in [-0.05, 0) is 0 Å². The van der Waals surface area contributed by atoms with Crippen LogP contribution in [-0.4, -0.2) is 12.9 Å². The molecule has 0 aromatic rings. The largest absolute Gasteiger partial charge is 0.502 e. The van der Waals surface area contributed by atoms with E-state index < -0.39 is 6.98 Å². The molecule has 0 aliphatic heterocycles. The van der Waals surface area contributed by atoms with Crippen molar-refractivity contribution in [3.63, 3.8) is 0 Å². The van der Waals surface area contributed by atoms with Gasteiger partial charge in [-0.2, -0.15) is 0 Å². The molecular formula is C3H4BClF3-. The highest BCUT2D eigenvalue weighted by Crippen LogP contribution is 2.08.